The molecule has 0 bridgehead atoms. The number of hydrogen-bond acceptors (Lipinski definition) is 2. The van der Waals surface area contributed by atoms with Crippen molar-refractivity contribution in [3.05, 3.63) is 31.0 Å². The van der Waals surface area contributed by atoms with Gasteiger partial charge in [-0.3, -0.25) is 9.36 Å². The molecule has 1 aromatic rings. The van der Waals surface area contributed by atoms with Gasteiger partial charge in [0, 0.05) is 11.7 Å². The zero-order chi connectivity index (χ0) is 10.9. The van der Waals surface area contributed by atoms with Crippen molar-refractivity contribution in [2.24, 2.45) is 0 Å². The second-order valence-corrected chi connectivity index (χ2v) is 4.09. The van der Waals surface area contributed by atoms with Crippen molar-refractivity contribution in [3.8, 4) is 0 Å². The SMILES string of the molecule is CCC(C)n1c(=O)[nH]c(C)c(Br)c1=O.[LiH]. The van der Waals surface area contributed by atoms with Gasteiger partial charge in [-0.05, 0) is 36.2 Å². The van der Waals surface area contributed by atoms with E-state index in [9.17, 15) is 9.59 Å². The summed E-state index contributed by atoms with van der Waals surface area (Å²) in [6.45, 7) is 5.47. The van der Waals surface area contributed by atoms with E-state index in [0.717, 1.165) is 6.42 Å². The summed E-state index contributed by atoms with van der Waals surface area (Å²) in [4.78, 5) is 25.8. The van der Waals surface area contributed by atoms with Gasteiger partial charge in [-0.1, -0.05) is 6.92 Å². The topological polar surface area (TPSA) is 54.9 Å². The van der Waals surface area contributed by atoms with Gasteiger partial charge in [0.15, 0.2) is 0 Å². The van der Waals surface area contributed by atoms with Crippen LogP contribution >= 0.6 is 15.9 Å². The quantitative estimate of drug-likeness (QED) is 0.812. The fraction of sp³-hybridized carbons (Fsp3) is 0.556. The average Bonchev–Trinajstić information content (AvgIpc) is 2.14. The van der Waals surface area contributed by atoms with Gasteiger partial charge in [0.25, 0.3) is 5.56 Å². The zero-order valence-electron chi connectivity index (χ0n) is 8.43. The number of aromatic amines is 1. The van der Waals surface area contributed by atoms with E-state index >= 15 is 0 Å². The Bertz CT molecular complexity index is 452. The molecule has 0 aliphatic carbocycles. The fourth-order valence-electron chi connectivity index (χ4n) is 1.22. The van der Waals surface area contributed by atoms with Crippen molar-refractivity contribution >= 4 is 34.8 Å². The predicted octanol–water partition coefficient (Wildman–Crippen LogP) is 0.930. The van der Waals surface area contributed by atoms with Crippen LogP contribution in [0.15, 0.2) is 14.1 Å². The monoisotopic (exact) mass is 268 g/mol. The molecule has 1 heterocycles. The first-order valence-corrected chi connectivity index (χ1v) is 5.29. The van der Waals surface area contributed by atoms with E-state index in [0.29, 0.717) is 10.2 Å². The molecule has 1 N–H and O–H groups in total. The summed E-state index contributed by atoms with van der Waals surface area (Å²) in [5.74, 6) is 0. The minimum atomic E-state index is -0.343. The summed E-state index contributed by atoms with van der Waals surface area (Å²) in [7, 11) is 0. The van der Waals surface area contributed by atoms with Crippen LogP contribution in [0.3, 0.4) is 0 Å². The molecule has 1 unspecified atom stereocenters. The summed E-state index contributed by atoms with van der Waals surface area (Å²) in [6.07, 6.45) is 0.748. The normalized spacial score (nSPS) is 12.0. The molecule has 0 radical (unpaired) electrons. The predicted molar refractivity (Wildman–Crippen MR) is 65.9 cm³/mol. The van der Waals surface area contributed by atoms with E-state index in [1.54, 1.807) is 6.92 Å². The van der Waals surface area contributed by atoms with Gasteiger partial charge in [-0.2, -0.15) is 0 Å². The molecule has 15 heavy (non-hydrogen) atoms. The third-order valence-corrected chi connectivity index (χ3v) is 3.21. The van der Waals surface area contributed by atoms with Gasteiger partial charge in [-0.25, -0.2) is 4.79 Å². The Morgan fingerprint density at radius 2 is 2.00 bits per heavy atom. The van der Waals surface area contributed by atoms with E-state index in [4.69, 9.17) is 0 Å². The fourth-order valence-corrected chi connectivity index (χ4v) is 1.51. The minimum absolute atomic E-state index is 0. The van der Waals surface area contributed by atoms with Crippen LogP contribution < -0.4 is 11.2 Å². The number of nitrogens with zero attached hydrogens (tertiary/aromatic N) is 1. The van der Waals surface area contributed by atoms with E-state index < -0.39 is 0 Å². The van der Waals surface area contributed by atoms with Gasteiger partial charge in [0.2, 0.25) is 0 Å². The summed E-state index contributed by atoms with van der Waals surface area (Å²) in [5.41, 5.74) is -0.0368. The van der Waals surface area contributed by atoms with Crippen molar-refractivity contribution in [2.45, 2.75) is 33.2 Å². The van der Waals surface area contributed by atoms with Crippen LogP contribution in [0.2, 0.25) is 0 Å². The molecule has 1 aromatic heterocycles. The van der Waals surface area contributed by atoms with Gasteiger partial charge in [0.1, 0.15) is 4.47 Å². The van der Waals surface area contributed by atoms with Crippen LogP contribution in [-0.4, -0.2) is 28.4 Å². The molecule has 1 atom stereocenters. The molecule has 1 rings (SSSR count). The van der Waals surface area contributed by atoms with Gasteiger partial charge in [-0.15, -0.1) is 0 Å². The summed E-state index contributed by atoms with van der Waals surface area (Å²) in [6, 6.07) is -0.0804. The molecule has 0 aliphatic heterocycles. The Balaban J connectivity index is 0.00000196. The number of hydrogen-bond donors (Lipinski definition) is 1. The number of halogens is 1. The molecule has 6 heteroatoms. The first-order valence-electron chi connectivity index (χ1n) is 4.50. The van der Waals surface area contributed by atoms with Crippen molar-refractivity contribution in [1.82, 2.24) is 9.55 Å². The molecule has 0 aliphatic rings. The summed E-state index contributed by atoms with van der Waals surface area (Å²) >= 11 is 3.16. The first-order chi connectivity index (χ1) is 6.49. The molecule has 80 valence electrons. The Morgan fingerprint density at radius 3 is 2.47 bits per heavy atom. The zero-order valence-corrected chi connectivity index (χ0v) is 10.0. The second-order valence-electron chi connectivity index (χ2n) is 3.30. The Hall–Kier alpha value is -0.243. The maximum absolute atomic E-state index is 11.7. The summed E-state index contributed by atoms with van der Waals surface area (Å²) < 4.78 is 1.66. The van der Waals surface area contributed by atoms with Gasteiger partial charge >= 0.3 is 24.6 Å². The Morgan fingerprint density at radius 1 is 1.47 bits per heavy atom. The molecule has 0 spiro atoms. The average molecular weight is 269 g/mol. The Labute approximate surface area is 108 Å². The molecular formula is C9H14BrLiN2O2. The van der Waals surface area contributed by atoms with Gasteiger partial charge in [0.05, 0.1) is 0 Å². The third kappa shape index (κ3) is 2.87. The van der Waals surface area contributed by atoms with E-state index in [1.807, 2.05) is 13.8 Å². The number of H-pyrrole nitrogens is 1. The summed E-state index contributed by atoms with van der Waals surface area (Å²) in [5, 5.41) is 0. The van der Waals surface area contributed by atoms with E-state index in [-0.39, 0.29) is 36.2 Å². The molecule has 0 saturated heterocycles. The molecule has 0 aromatic carbocycles. The first kappa shape index (κ1) is 14.8. The maximum atomic E-state index is 11.7. The van der Waals surface area contributed by atoms with E-state index in [1.165, 1.54) is 4.57 Å². The second kappa shape index (κ2) is 5.74. The van der Waals surface area contributed by atoms with Crippen molar-refractivity contribution in [3.63, 3.8) is 0 Å². The van der Waals surface area contributed by atoms with Crippen LogP contribution in [0.1, 0.15) is 32.0 Å². The van der Waals surface area contributed by atoms with Crippen LogP contribution in [0.25, 0.3) is 0 Å². The van der Waals surface area contributed by atoms with Crippen molar-refractivity contribution < 1.29 is 0 Å². The van der Waals surface area contributed by atoms with Crippen LogP contribution in [0.4, 0.5) is 0 Å². The number of aryl methyl sites for hydroxylation is 1. The number of nitrogens with one attached hydrogen (secondary N) is 1. The molecule has 0 fully saturated rings. The molecule has 4 nitrogen and oxygen atoms in total. The Kier molecular flexibility index (Phi) is 5.64. The molecule has 0 saturated carbocycles. The number of rotatable bonds is 2. The van der Waals surface area contributed by atoms with Crippen molar-refractivity contribution in [2.75, 3.05) is 0 Å². The van der Waals surface area contributed by atoms with Crippen LogP contribution in [0.5, 0.6) is 0 Å². The number of aromatic nitrogens is 2. The third-order valence-electron chi connectivity index (χ3n) is 2.28. The van der Waals surface area contributed by atoms with Crippen molar-refractivity contribution in [1.29, 1.82) is 0 Å². The van der Waals surface area contributed by atoms with E-state index in [2.05, 4.69) is 20.9 Å². The van der Waals surface area contributed by atoms with Crippen LogP contribution in [0, 0.1) is 6.92 Å². The molecule has 0 amide bonds. The van der Waals surface area contributed by atoms with Gasteiger partial charge < -0.3 is 4.98 Å². The van der Waals surface area contributed by atoms with Crippen LogP contribution in [-0.2, 0) is 0 Å². The standard InChI is InChI=1S/C9H13BrN2O2.Li.H/c1-4-5(2)12-8(13)7(10)6(3)11-9(12)14;;/h5H,4H2,1-3H3,(H,11,14);;. The molecular weight excluding hydrogens is 255 g/mol.